The maximum Gasteiger partial charge on any atom is 0.0943 e. The van der Waals surface area contributed by atoms with Gasteiger partial charge in [-0.2, -0.15) is 10.5 Å². The van der Waals surface area contributed by atoms with E-state index in [0.29, 0.717) is 0 Å². The second-order valence-corrected chi connectivity index (χ2v) is 3.14. The fourth-order valence-electron chi connectivity index (χ4n) is 1.45. The van der Waals surface area contributed by atoms with Gasteiger partial charge < -0.3 is 0 Å². The van der Waals surface area contributed by atoms with E-state index in [-0.39, 0.29) is 5.92 Å². The lowest BCUT2D eigenvalue weighted by atomic mass is 9.92. The lowest BCUT2D eigenvalue weighted by molar-refractivity contribution is 0.526. The highest BCUT2D eigenvalue weighted by Gasteiger charge is 2.10. The molecular formula is C10H12N2. The highest BCUT2D eigenvalue weighted by Crippen LogP contribution is 2.21. The monoisotopic (exact) mass is 160 g/mol. The van der Waals surface area contributed by atoms with Crippen LogP contribution in [0.3, 0.4) is 0 Å². The third kappa shape index (κ3) is 2.40. The topological polar surface area (TPSA) is 47.6 Å². The summed E-state index contributed by atoms with van der Waals surface area (Å²) in [6.45, 7) is 0. The number of nitrogens with zero attached hydrogens (tertiary/aromatic N) is 2. The first kappa shape index (κ1) is 8.81. The summed E-state index contributed by atoms with van der Waals surface area (Å²) < 4.78 is 0. The molecule has 0 aromatic heterocycles. The lowest BCUT2D eigenvalue weighted by Gasteiger charge is -2.10. The Bertz CT molecular complexity index is 252. The average molecular weight is 160 g/mol. The molecule has 0 aliphatic heterocycles. The van der Waals surface area contributed by atoms with Crippen LogP contribution in [0.1, 0.15) is 32.1 Å². The minimum absolute atomic E-state index is 0.169. The van der Waals surface area contributed by atoms with E-state index in [1.807, 2.05) is 6.08 Å². The molecule has 0 amide bonds. The van der Waals surface area contributed by atoms with Gasteiger partial charge >= 0.3 is 0 Å². The summed E-state index contributed by atoms with van der Waals surface area (Å²) in [4.78, 5) is 0. The van der Waals surface area contributed by atoms with Crippen molar-refractivity contribution in [2.75, 3.05) is 0 Å². The summed E-state index contributed by atoms with van der Waals surface area (Å²) in [6, 6.07) is 4.45. The molecule has 62 valence electrons. The van der Waals surface area contributed by atoms with Gasteiger partial charge in [0.1, 0.15) is 0 Å². The fraction of sp³-hybridized carbons (Fsp3) is 0.600. The SMILES string of the molecule is N#CC1=CCCCC(C#N)CC1. The van der Waals surface area contributed by atoms with E-state index in [1.54, 1.807) is 0 Å². The van der Waals surface area contributed by atoms with Crippen LogP contribution in [0.5, 0.6) is 0 Å². The molecule has 0 aromatic rings. The minimum Gasteiger partial charge on any atom is -0.198 e. The molecule has 0 saturated carbocycles. The van der Waals surface area contributed by atoms with Crippen molar-refractivity contribution in [3.8, 4) is 12.1 Å². The summed E-state index contributed by atoms with van der Waals surface area (Å²) in [7, 11) is 0. The quantitative estimate of drug-likeness (QED) is 0.546. The van der Waals surface area contributed by atoms with Gasteiger partial charge in [0.05, 0.1) is 12.1 Å². The van der Waals surface area contributed by atoms with E-state index in [1.165, 1.54) is 0 Å². The summed E-state index contributed by atoms with van der Waals surface area (Å²) in [5.41, 5.74) is 0.856. The molecule has 1 aliphatic carbocycles. The zero-order valence-corrected chi connectivity index (χ0v) is 7.08. The van der Waals surface area contributed by atoms with E-state index >= 15 is 0 Å². The van der Waals surface area contributed by atoms with Crippen LogP contribution < -0.4 is 0 Å². The maximum absolute atomic E-state index is 8.71. The van der Waals surface area contributed by atoms with Crippen molar-refractivity contribution < 1.29 is 0 Å². The summed E-state index contributed by atoms with van der Waals surface area (Å²) >= 11 is 0. The molecule has 0 N–H and O–H groups in total. The van der Waals surface area contributed by atoms with Gasteiger partial charge in [-0.3, -0.25) is 0 Å². The molecule has 1 unspecified atom stereocenters. The van der Waals surface area contributed by atoms with Gasteiger partial charge in [0.25, 0.3) is 0 Å². The molecule has 0 aromatic carbocycles. The smallest absolute Gasteiger partial charge is 0.0943 e. The van der Waals surface area contributed by atoms with Crippen LogP contribution in [-0.4, -0.2) is 0 Å². The number of nitriles is 2. The van der Waals surface area contributed by atoms with Gasteiger partial charge in [-0.25, -0.2) is 0 Å². The van der Waals surface area contributed by atoms with Crippen LogP contribution in [0.15, 0.2) is 11.6 Å². The second-order valence-electron chi connectivity index (χ2n) is 3.14. The Morgan fingerprint density at radius 1 is 1.33 bits per heavy atom. The summed E-state index contributed by atoms with van der Waals surface area (Å²) in [5.74, 6) is 0.169. The third-order valence-corrected chi connectivity index (χ3v) is 2.24. The van der Waals surface area contributed by atoms with Crippen LogP contribution in [0.25, 0.3) is 0 Å². The summed E-state index contributed by atoms with van der Waals surface area (Å²) in [6.07, 6.45) is 6.65. The molecule has 1 atom stereocenters. The number of hydrogen-bond acceptors (Lipinski definition) is 2. The molecule has 0 heterocycles. The van der Waals surface area contributed by atoms with Crippen LogP contribution >= 0.6 is 0 Å². The highest BCUT2D eigenvalue weighted by atomic mass is 14.3. The van der Waals surface area contributed by atoms with Crippen molar-refractivity contribution in [1.82, 2.24) is 0 Å². The standard InChI is InChI=1S/C10H12N2/c11-7-9-3-1-2-4-10(8-12)6-5-9/h3,10H,1-2,4-6H2. The van der Waals surface area contributed by atoms with Crippen molar-refractivity contribution in [1.29, 1.82) is 10.5 Å². The van der Waals surface area contributed by atoms with Gasteiger partial charge in [0.15, 0.2) is 0 Å². The second kappa shape index (κ2) is 4.57. The zero-order chi connectivity index (χ0) is 8.81. The predicted octanol–water partition coefficient (Wildman–Crippen LogP) is 2.54. The van der Waals surface area contributed by atoms with Crippen molar-refractivity contribution in [2.24, 2.45) is 5.92 Å². The van der Waals surface area contributed by atoms with E-state index in [4.69, 9.17) is 10.5 Å². The van der Waals surface area contributed by atoms with Gasteiger partial charge in [-0.1, -0.05) is 6.08 Å². The Morgan fingerprint density at radius 3 is 2.83 bits per heavy atom. The van der Waals surface area contributed by atoms with E-state index in [0.717, 1.165) is 37.7 Å². The average Bonchev–Trinajstić information content (AvgIpc) is 2.05. The number of allylic oxidation sites excluding steroid dienone is 2. The van der Waals surface area contributed by atoms with Gasteiger partial charge in [-0.15, -0.1) is 0 Å². The third-order valence-electron chi connectivity index (χ3n) is 2.24. The van der Waals surface area contributed by atoms with E-state index < -0.39 is 0 Å². The van der Waals surface area contributed by atoms with Crippen molar-refractivity contribution in [3.05, 3.63) is 11.6 Å². The normalized spacial score (nSPS) is 24.2. The Kier molecular flexibility index (Phi) is 3.35. The fourth-order valence-corrected chi connectivity index (χ4v) is 1.45. The van der Waals surface area contributed by atoms with Crippen molar-refractivity contribution in [2.45, 2.75) is 32.1 Å². The van der Waals surface area contributed by atoms with Crippen LogP contribution in [0.2, 0.25) is 0 Å². The molecule has 0 fully saturated rings. The molecule has 12 heavy (non-hydrogen) atoms. The first-order valence-electron chi connectivity index (χ1n) is 4.35. The van der Waals surface area contributed by atoms with Crippen LogP contribution in [-0.2, 0) is 0 Å². The number of hydrogen-bond donors (Lipinski definition) is 0. The molecule has 0 spiro atoms. The Hall–Kier alpha value is -1.28. The van der Waals surface area contributed by atoms with Gasteiger partial charge in [0.2, 0.25) is 0 Å². The highest BCUT2D eigenvalue weighted by molar-refractivity contribution is 5.21. The number of rotatable bonds is 0. The van der Waals surface area contributed by atoms with Crippen LogP contribution in [0.4, 0.5) is 0 Å². The van der Waals surface area contributed by atoms with E-state index in [9.17, 15) is 0 Å². The molecule has 0 bridgehead atoms. The van der Waals surface area contributed by atoms with Crippen molar-refractivity contribution in [3.63, 3.8) is 0 Å². The molecule has 2 heteroatoms. The predicted molar refractivity (Wildman–Crippen MR) is 45.9 cm³/mol. The first-order valence-corrected chi connectivity index (χ1v) is 4.35. The molecule has 0 saturated heterocycles. The first-order chi connectivity index (χ1) is 5.86. The van der Waals surface area contributed by atoms with Crippen LogP contribution in [0, 0.1) is 28.6 Å². The largest absolute Gasteiger partial charge is 0.198 e. The maximum atomic E-state index is 8.71. The molecule has 2 nitrogen and oxygen atoms in total. The van der Waals surface area contributed by atoms with Crippen molar-refractivity contribution >= 4 is 0 Å². The zero-order valence-electron chi connectivity index (χ0n) is 7.08. The molecule has 0 radical (unpaired) electrons. The Morgan fingerprint density at radius 2 is 2.17 bits per heavy atom. The molecule has 1 aliphatic rings. The molecule has 1 rings (SSSR count). The Labute approximate surface area is 73.1 Å². The minimum atomic E-state index is 0.169. The lowest BCUT2D eigenvalue weighted by Crippen LogP contribution is -2.00. The Balaban J connectivity index is 2.55. The molecular weight excluding hydrogens is 148 g/mol. The van der Waals surface area contributed by atoms with Gasteiger partial charge in [-0.05, 0) is 32.1 Å². The van der Waals surface area contributed by atoms with Gasteiger partial charge in [0, 0.05) is 11.5 Å². The summed E-state index contributed by atoms with van der Waals surface area (Å²) in [5, 5.41) is 17.4. The van der Waals surface area contributed by atoms with E-state index in [2.05, 4.69) is 12.1 Å².